The van der Waals surface area contributed by atoms with Gasteiger partial charge in [0.2, 0.25) is 0 Å². The van der Waals surface area contributed by atoms with Crippen molar-refractivity contribution >= 4 is 39.0 Å². The van der Waals surface area contributed by atoms with Crippen LogP contribution >= 0.6 is 11.3 Å². The lowest BCUT2D eigenvalue weighted by molar-refractivity contribution is 0.0908. The van der Waals surface area contributed by atoms with Crippen LogP contribution in [0.3, 0.4) is 0 Å². The second-order valence-electron chi connectivity index (χ2n) is 8.35. The lowest BCUT2D eigenvalue weighted by Gasteiger charge is -2.24. The molecule has 7 heteroatoms. The minimum atomic E-state index is -0.826. The molecule has 0 aliphatic heterocycles. The summed E-state index contributed by atoms with van der Waals surface area (Å²) < 4.78 is 14.9. The molecule has 0 saturated heterocycles. The Morgan fingerprint density at radius 1 is 1.00 bits per heavy atom. The van der Waals surface area contributed by atoms with Crippen molar-refractivity contribution in [1.82, 2.24) is 15.3 Å². The average Bonchev–Trinajstić information content (AvgIpc) is 3.31. The van der Waals surface area contributed by atoms with Crippen molar-refractivity contribution in [2.24, 2.45) is 0 Å². The Hall–Kier alpha value is -3.84. The van der Waals surface area contributed by atoms with Gasteiger partial charge < -0.3 is 10.3 Å². The summed E-state index contributed by atoms with van der Waals surface area (Å²) in [5.74, 6) is -1.33. The summed E-state index contributed by atoms with van der Waals surface area (Å²) in [4.78, 5) is 34.4. The van der Waals surface area contributed by atoms with E-state index in [1.807, 2.05) is 50.2 Å². The minimum absolute atomic E-state index is 0.138. The number of hydrogen-bond acceptors (Lipinski definition) is 4. The second kappa shape index (κ2) is 7.94. The molecule has 5 nitrogen and oxygen atoms in total. The molecule has 0 fully saturated rings. The summed E-state index contributed by atoms with van der Waals surface area (Å²) in [6.07, 6.45) is 1.77. The first-order valence-electron chi connectivity index (χ1n) is 10.4. The molecule has 0 aliphatic rings. The summed E-state index contributed by atoms with van der Waals surface area (Å²) in [7, 11) is 0. The Bertz CT molecular complexity index is 1570. The van der Waals surface area contributed by atoms with Gasteiger partial charge in [-0.1, -0.05) is 42.5 Å². The molecule has 2 heterocycles. The first kappa shape index (κ1) is 21.0. The summed E-state index contributed by atoms with van der Waals surface area (Å²) >= 11 is 1.47. The SMILES string of the molecule is CC(C)(NC(=O)c1cc2[nH]c3ccccc3c(=O)c2cc1F)c1ncc(-c2ccccc2)s1. The molecule has 0 saturated carbocycles. The molecule has 0 bridgehead atoms. The number of carbonyl (C=O) groups excluding carboxylic acids is 1. The van der Waals surface area contributed by atoms with Gasteiger partial charge in [0.15, 0.2) is 5.43 Å². The third kappa shape index (κ3) is 3.81. The molecule has 1 amide bonds. The molecule has 164 valence electrons. The molecule has 0 unspecified atom stereocenters. The predicted octanol–water partition coefficient (Wildman–Crippen LogP) is 5.61. The average molecular weight is 458 g/mol. The highest BCUT2D eigenvalue weighted by molar-refractivity contribution is 7.15. The third-order valence-corrected chi connectivity index (χ3v) is 6.93. The number of amides is 1. The van der Waals surface area contributed by atoms with Gasteiger partial charge in [0, 0.05) is 22.5 Å². The van der Waals surface area contributed by atoms with Gasteiger partial charge in [-0.3, -0.25) is 9.59 Å². The summed E-state index contributed by atoms with van der Waals surface area (Å²) in [5.41, 5.74) is 0.837. The summed E-state index contributed by atoms with van der Waals surface area (Å²) in [6.45, 7) is 3.65. The van der Waals surface area contributed by atoms with Crippen LogP contribution in [-0.4, -0.2) is 15.9 Å². The number of H-pyrrole nitrogens is 1. The molecular weight excluding hydrogens is 437 g/mol. The Balaban J connectivity index is 1.48. The Morgan fingerprint density at radius 3 is 2.52 bits per heavy atom. The van der Waals surface area contributed by atoms with E-state index in [9.17, 15) is 14.0 Å². The maximum atomic E-state index is 14.9. The van der Waals surface area contributed by atoms with E-state index in [1.54, 1.807) is 24.4 Å². The van der Waals surface area contributed by atoms with Gasteiger partial charge in [0.05, 0.1) is 21.5 Å². The molecule has 5 rings (SSSR count). The van der Waals surface area contributed by atoms with E-state index in [0.717, 1.165) is 16.5 Å². The molecule has 0 spiro atoms. The first-order valence-corrected chi connectivity index (χ1v) is 11.2. The van der Waals surface area contributed by atoms with E-state index in [4.69, 9.17) is 0 Å². The van der Waals surface area contributed by atoms with Crippen LogP contribution in [0.5, 0.6) is 0 Å². The summed E-state index contributed by atoms with van der Waals surface area (Å²) in [5, 5.41) is 4.27. The van der Waals surface area contributed by atoms with Crippen molar-refractivity contribution in [1.29, 1.82) is 0 Å². The van der Waals surface area contributed by atoms with E-state index in [2.05, 4.69) is 15.3 Å². The number of benzene rings is 3. The number of thiazole rings is 1. The van der Waals surface area contributed by atoms with Crippen LogP contribution in [0.15, 0.2) is 77.7 Å². The van der Waals surface area contributed by atoms with Crippen LogP contribution in [0.2, 0.25) is 0 Å². The lowest BCUT2D eigenvalue weighted by atomic mass is 10.0. The highest BCUT2D eigenvalue weighted by atomic mass is 32.1. The van der Waals surface area contributed by atoms with Gasteiger partial charge >= 0.3 is 0 Å². The largest absolute Gasteiger partial charge is 0.354 e. The van der Waals surface area contributed by atoms with Gasteiger partial charge in [0.25, 0.3) is 5.91 Å². The highest BCUT2D eigenvalue weighted by Crippen LogP contribution is 2.32. The zero-order valence-electron chi connectivity index (χ0n) is 18.0. The summed E-state index contributed by atoms with van der Waals surface area (Å²) in [6, 6.07) is 19.4. The topological polar surface area (TPSA) is 74.8 Å². The molecule has 33 heavy (non-hydrogen) atoms. The molecule has 2 aromatic heterocycles. The number of aromatic amines is 1. The van der Waals surface area contributed by atoms with Crippen molar-refractivity contribution in [3.63, 3.8) is 0 Å². The van der Waals surface area contributed by atoms with Crippen molar-refractivity contribution < 1.29 is 9.18 Å². The van der Waals surface area contributed by atoms with Gasteiger partial charge in [-0.2, -0.15) is 0 Å². The van der Waals surface area contributed by atoms with Crippen LogP contribution < -0.4 is 10.7 Å². The number of rotatable bonds is 4. The number of pyridine rings is 1. The number of para-hydroxylation sites is 1. The second-order valence-corrected chi connectivity index (χ2v) is 9.38. The van der Waals surface area contributed by atoms with Crippen LogP contribution in [0, 0.1) is 5.82 Å². The van der Waals surface area contributed by atoms with Crippen molar-refractivity contribution in [3.8, 4) is 10.4 Å². The van der Waals surface area contributed by atoms with E-state index < -0.39 is 17.3 Å². The van der Waals surface area contributed by atoms with Crippen molar-refractivity contribution in [2.75, 3.05) is 0 Å². The number of hydrogen-bond donors (Lipinski definition) is 2. The molecule has 5 aromatic rings. The quantitative estimate of drug-likeness (QED) is 0.345. The standard InChI is InChI=1S/C26H20FN3O2S/c1-26(2,25-28-14-22(33-25)15-8-4-3-5-9-15)30-24(32)17-13-21-18(12-19(17)27)23(31)16-10-6-7-11-20(16)29-21/h3-14H,1-2H3,(H,29,31)(H,30,32). The molecule has 2 N–H and O–H groups in total. The van der Waals surface area contributed by atoms with Crippen molar-refractivity contribution in [2.45, 2.75) is 19.4 Å². The van der Waals surface area contributed by atoms with Gasteiger partial charge in [-0.15, -0.1) is 11.3 Å². The molecule has 0 radical (unpaired) electrons. The Kier molecular flexibility index (Phi) is 5.06. The number of halogens is 1. The van der Waals surface area contributed by atoms with Gasteiger partial charge in [-0.25, -0.2) is 9.37 Å². The molecule has 0 aliphatic carbocycles. The maximum Gasteiger partial charge on any atom is 0.255 e. The third-order valence-electron chi connectivity index (χ3n) is 5.56. The van der Waals surface area contributed by atoms with E-state index in [0.29, 0.717) is 21.4 Å². The van der Waals surface area contributed by atoms with Crippen LogP contribution in [0.4, 0.5) is 4.39 Å². The zero-order chi connectivity index (χ0) is 23.2. The molecule has 3 aromatic carbocycles. The fourth-order valence-corrected chi connectivity index (χ4v) is 4.80. The number of carbonyl (C=O) groups is 1. The normalized spacial score (nSPS) is 11.7. The van der Waals surface area contributed by atoms with Gasteiger partial charge in [0.1, 0.15) is 10.8 Å². The highest BCUT2D eigenvalue weighted by Gasteiger charge is 2.28. The fraction of sp³-hybridized carbons (Fsp3) is 0.115. The minimum Gasteiger partial charge on any atom is -0.354 e. The smallest absolute Gasteiger partial charge is 0.255 e. The predicted molar refractivity (Wildman–Crippen MR) is 130 cm³/mol. The van der Waals surface area contributed by atoms with E-state index in [1.165, 1.54) is 17.4 Å². The molecular formula is C26H20FN3O2S. The van der Waals surface area contributed by atoms with Crippen LogP contribution in [0.1, 0.15) is 29.2 Å². The monoisotopic (exact) mass is 457 g/mol. The van der Waals surface area contributed by atoms with Crippen LogP contribution in [0.25, 0.3) is 32.2 Å². The molecule has 0 atom stereocenters. The lowest BCUT2D eigenvalue weighted by Crippen LogP contribution is -2.41. The maximum absolute atomic E-state index is 14.9. The van der Waals surface area contributed by atoms with Gasteiger partial charge in [-0.05, 0) is 43.7 Å². The van der Waals surface area contributed by atoms with E-state index in [-0.39, 0.29) is 16.4 Å². The number of nitrogens with zero attached hydrogens (tertiary/aromatic N) is 1. The number of nitrogens with one attached hydrogen (secondary N) is 2. The van der Waals surface area contributed by atoms with E-state index >= 15 is 0 Å². The zero-order valence-corrected chi connectivity index (χ0v) is 18.8. The fourth-order valence-electron chi connectivity index (χ4n) is 3.82. The van der Waals surface area contributed by atoms with Crippen molar-refractivity contribution in [3.05, 3.63) is 99.5 Å². The van der Waals surface area contributed by atoms with Crippen LogP contribution in [-0.2, 0) is 5.54 Å². The first-order chi connectivity index (χ1) is 15.8. The Labute approximate surface area is 192 Å². The Morgan fingerprint density at radius 2 is 1.73 bits per heavy atom. The number of aromatic nitrogens is 2. The number of fused-ring (bicyclic) bond motifs is 2.